The van der Waals surface area contributed by atoms with Crippen molar-refractivity contribution in [2.24, 2.45) is 0 Å². The van der Waals surface area contributed by atoms with Crippen LogP contribution >= 0.6 is 11.6 Å². The first-order chi connectivity index (χ1) is 7.30. The lowest BCUT2D eigenvalue weighted by Gasteiger charge is -2.08. The number of esters is 1. The Bertz CT molecular complexity index is 403. The predicted molar refractivity (Wildman–Crippen MR) is 47.0 cm³/mol. The summed E-state index contributed by atoms with van der Waals surface area (Å²) in [6.45, 7) is -0.815. The zero-order chi connectivity index (χ0) is 12.3. The van der Waals surface area contributed by atoms with Crippen molar-refractivity contribution in [1.29, 1.82) is 0 Å². The number of carbonyl (C=O) groups excluding carboxylic acids is 1. The highest BCUT2D eigenvalue weighted by atomic mass is 35.5. The summed E-state index contributed by atoms with van der Waals surface area (Å²) in [6, 6.07) is 2.36. The van der Waals surface area contributed by atoms with E-state index in [9.17, 15) is 22.4 Å². The number of halogens is 5. The van der Waals surface area contributed by atoms with E-state index < -0.39 is 29.6 Å². The molecule has 0 fully saturated rings. The van der Waals surface area contributed by atoms with Crippen LogP contribution in [0.1, 0.15) is 5.56 Å². The minimum absolute atomic E-state index is 0.353. The van der Waals surface area contributed by atoms with Gasteiger partial charge in [0, 0.05) is 5.56 Å². The molecule has 0 N–H and O–H groups in total. The molecule has 1 aromatic carbocycles. The summed E-state index contributed by atoms with van der Waals surface area (Å²) in [5.74, 6) is -3.66. The first-order valence-corrected chi connectivity index (χ1v) is 4.36. The first-order valence-electron chi connectivity index (χ1n) is 3.98. The molecule has 0 unspecified atom stereocenters. The highest BCUT2D eigenvalue weighted by Gasteiger charge is 2.37. The number of hydrogen-bond acceptors (Lipinski definition) is 2. The van der Waals surface area contributed by atoms with Crippen LogP contribution in [0.5, 0.6) is 0 Å². The molecule has 16 heavy (non-hydrogen) atoms. The van der Waals surface area contributed by atoms with Gasteiger partial charge in [-0.25, -0.2) is 13.6 Å². The quantitative estimate of drug-likeness (QED) is 0.472. The van der Waals surface area contributed by atoms with Crippen LogP contribution in [0.2, 0.25) is 0 Å². The van der Waals surface area contributed by atoms with E-state index in [0.717, 1.165) is 18.2 Å². The zero-order valence-corrected chi connectivity index (χ0v) is 8.40. The first kappa shape index (κ1) is 12.8. The number of benzene rings is 1. The van der Waals surface area contributed by atoms with E-state index in [-0.39, 0.29) is 5.56 Å². The smallest absolute Gasteiger partial charge is 0.417 e. The number of rotatable bonds is 3. The van der Waals surface area contributed by atoms with Crippen molar-refractivity contribution in [1.82, 2.24) is 0 Å². The molecule has 0 aliphatic rings. The average Bonchev–Trinajstić information content (AvgIpc) is 2.17. The molecule has 0 spiro atoms. The standard InChI is InChI=1S/C9H5ClF4O2/c10-9(13,14)8(15)16-4-5-3-6(11)1-2-7(5)12/h1-3H,4H2. The topological polar surface area (TPSA) is 26.3 Å². The average molecular weight is 257 g/mol. The molecular formula is C9H5ClF4O2. The second-order valence-corrected chi connectivity index (χ2v) is 3.28. The van der Waals surface area contributed by atoms with Crippen LogP contribution in [-0.2, 0) is 16.1 Å². The molecule has 0 heterocycles. The molecule has 0 aliphatic carbocycles. The molecule has 0 saturated heterocycles. The van der Waals surface area contributed by atoms with Crippen molar-refractivity contribution >= 4 is 17.6 Å². The maximum Gasteiger partial charge on any atom is 0.417 e. The van der Waals surface area contributed by atoms with Crippen molar-refractivity contribution in [3.63, 3.8) is 0 Å². The van der Waals surface area contributed by atoms with Gasteiger partial charge >= 0.3 is 11.4 Å². The van der Waals surface area contributed by atoms with Gasteiger partial charge in [0.2, 0.25) is 0 Å². The molecule has 1 aromatic rings. The van der Waals surface area contributed by atoms with E-state index in [0.29, 0.717) is 0 Å². The van der Waals surface area contributed by atoms with Crippen molar-refractivity contribution in [2.75, 3.05) is 0 Å². The van der Waals surface area contributed by atoms with Gasteiger partial charge in [-0.2, -0.15) is 8.78 Å². The summed E-state index contributed by atoms with van der Waals surface area (Å²) < 4.78 is 53.8. The number of ether oxygens (including phenoxy) is 1. The number of alkyl halides is 3. The normalized spacial score (nSPS) is 11.3. The maximum atomic E-state index is 12.9. The van der Waals surface area contributed by atoms with Gasteiger partial charge in [-0.15, -0.1) is 0 Å². The highest BCUT2D eigenvalue weighted by Crippen LogP contribution is 2.21. The molecule has 0 radical (unpaired) electrons. The van der Waals surface area contributed by atoms with Gasteiger partial charge in [-0.05, 0) is 29.8 Å². The van der Waals surface area contributed by atoms with Gasteiger partial charge in [-0.1, -0.05) is 0 Å². The Morgan fingerprint density at radius 1 is 1.38 bits per heavy atom. The Morgan fingerprint density at radius 3 is 2.56 bits per heavy atom. The van der Waals surface area contributed by atoms with Gasteiger partial charge in [0.25, 0.3) is 0 Å². The van der Waals surface area contributed by atoms with Crippen LogP contribution in [0.25, 0.3) is 0 Å². The van der Waals surface area contributed by atoms with Gasteiger partial charge in [0.05, 0.1) is 0 Å². The molecule has 0 bridgehead atoms. The highest BCUT2D eigenvalue weighted by molar-refractivity contribution is 6.31. The van der Waals surface area contributed by atoms with Crippen LogP contribution in [0.4, 0.5) is 17.6 Å². The summed E-state index contributed by atoms with van der Waals surface area (Å²) in [7, 11) is 0. The predicted octanol–water partition coefficient (Wildman–Crippen LogP) is 2.84. The van der Waals surface area contributed by atoms with Crippen molar-refractivity contribution in [2.45, 2.75) is 12.0 Å². The second-order valence-electron chi connectivity index (χ2n) is 2.81. The molecule has 0 amide bonds. The monoisotopic (exact) mass is 256 g/mol. The molecule has 1 rings (SSSR count). The summed E-state index contributed by atoms with van der Waals surface area (Å²) in [6.07, 6.45) is 0. The minimum atomic E-state index is -4.18. The number of carbonyl (C=O) groups is 1. The molecular weight excluding hydrogens is 252 g/mol. The largest absolute Gasteiger partial charge is 0.455 e. The summed E-state index contributed by atoms with van der Waals surface area (Å²) >= 11 is 4.35. The number of hydrogen-bond donors (Lipinski definition) is 0. The van der Waals surface area contributed by atoms with E-state index in [4.69, 9.17) is 0 Å². The lowest BCUT2D eigenvalue weighted by molar-refractivity contribution is -0.162. The third-order valence-electron chi connectivity index (χ3n) is 1.60. The zero-order valence-electron chi connectivity index (χ0n) is 7.65. The van der Waals surface area contributed by atoms with Crippen molar-refractivity contribution < 1.29 is 27.1 Å². The van der Waals surface area contributed by atoms with Crippen LogP contribution < -0.4 is 0 Å². The van der Waals surface area contributed by atoms with E-state index >= 15 is 0 Å². The third-order valence-corrected chi connectivity index (χ3v) is 1.75. The molecule has 2 nitrogen and oxygen atoms in total. The molecule has 0 saturated carbocycles. The summed E-state index contributed by atoms with van der Waals surface area (Å²) in [5, 5.41) is -4.18. The van der Waals surface area contributed by atoms with Gasteiger partial charge in [0.15, 0.2) is 0 Å². The molecule has 0 aromatic heterocycles. The molecule has 7 heteroatoms. The van der Waals surface area contributed by atoms with E-state index in [1.807, 2.05) is 0 Å². The Morgan fingerprint density at radius 2 is 2.00 bits per heavy atom. The summed E-state index contributed by atoms with van der Waals surface area (Å²) in [5.41, 5.74) is -0.353. The fraction of sp³-hybridized carbons (Fsp3) is 0.222. The minimum Gasteiger partial charge on any atom is -0.455 e. The van der Waals surface area contributed by atoms with E-state index in [1.54, 1.807) is 0 Å². The lowest BCUT2D eigenvalue weighted by atomic mass is 10.2. The Kier molecular flexibility index (Phi) is 3.74. The van der Waals surface area contributed by atoms with Crippen LogP contribution in [0, 0.1) is 11.6 Å². The Balaban J connectivity index is 2.68. The Labute approximate surface area is 92.8 Å². The Hall–Kier alpha value is -1.30. The lowest BCUT2D eigenvalue weighted by Crippen LogP contribution is -2.24. The van der Waals surface area contributed by atoms with Crippen LogP contribution in [0.3, 0.4) is 0 Å². The second kappa shape index (κ2) is 4.69. The molecule has 88 valence electrons. The fourth-order valence-corrected chi connectivity index (χ4v) is 0.934. The van der Waals surface area contributed by atoms with Crippen LogP contribution in [-0.4, -0.2) is 11.4 Å². The maximum absolute atomic E-state index is 12.9. The van der Waals surface area contributed by atoms with E-state index in [1.165, 1.54) is 0 Å². The van der Waals surface area contributed by atoms with Crippen LogP contribution in [0.15, 0.2) is 18.2 Å². The van der Waals surface area contributed by atoms with Gasteiger partial charge < -0.3 is 4.74 Å². The van der Waals surface area contributed by atoms with Crippen molar-refractivity contribution in [3.8, 4) is 0 Å². The summed E-state index contributed by atoms with van der Waals surface area (Å²) in [4.78, 5) is 10.5. The van der Waals surface area contributed by atoms with Crippen molar-refractivity contribution in [3.05, 3.63) is 35.4 Å². The van der Waals surface area contributed by atoms with E-state index in [2.05, 4.69) is 16.3 Å². The SMILES string of the molecule is O=C(OCc1cc(F)ccc1F)C(F)(F)Cl. The van der Waals surface area contributed by atoms with Gasteiger partial charge in [0.1, 0.15) is 18.2 Å². The van der Waals surface area contributed by atoms with Gasteiger partial charge in [-0.3, -0.25) is 0 Å². The molecule has 0 atom stereocenters. The molecule has 0 aliphatic heterocycles. The fourth-order valence-electron chi connectivity index (χ4n) is 0.879. The third kappa shape index (κ3) is 3.37.